The molecule has 0 N–H and O–H groups in total. The van der Waals surface area contributed by atoms with E-state index in [2.05, 4.69) is 19.1 Å². The Bertz CT molecular complexity index is 667. The van der Waals surface area contributed by atoms with Crippen LogP contribution in [-0.2, 0) is 16.0 Å². The number of amides is 2. The minimum Gasteiger partial charge on any atom is -0.484 e. The van der Waals surface area contributed by atoms with Crippen molar-refractivity contribution in [3.8, 4) is 5.75 Å². The van der Waals surface area contributed by atoms with Gasteiger partial charge in [0.15, 0.2) is 6.61 Å². The van der Waals surface area contributed by atoms with E-state index in [-0.39, 0.29) is 18.4 Å². The largest absolute Gasteiger partial charge is 0.484 e. The molecule has 1 heterocycles. The number of rotatable bonds is 8. The van der Waals surface area contributed by atoms with E-state index >= 15 is 0 Å². The van der Waals surface area contributed by atoms with Gasteiger partial charge in [0, 0.05) is 32.6 Å². The molecule has 0 unspecified atom stereocenters. The zero-order valence-corrected chi connectivity index (χ0v) is 18.6. The highest BCUT2D eigenvalue weighted by molar-refractivity contribution is 5.78. The van der Waals surface area contributed by atoms with Gasteiger partial charge in [-0.3, -0.25) is 9.59 Å². The molecular weight excluding hydrogens is 376 g/mol. The van der Waals surface area contributed by atoms with Gasteiger partial charge in [-0.2, -0.15) is 0 Å². The summed E-state index contributed by atoms with van der Waals surface area (Å²) in [5.41, 5.74) is 1.29. The van der Waals surface area contributed by atoms with Gasteiger partial charge in [-0.1, -0.05) is 57.6 Å². The van der Waals surface area contributed by atoms with Crippen LogP contribution in [-0.4, -0.2) is 54.4 Å². The lowest BCUT2D eigenvalue weighted by atomic mass is 9.86. The van der Waals surface area contributed by atoms with E-state index in [1.165, 1.54) is 37.7 Å². The fourth-order valence-corrected chi connectivity index (χ4v) is 4.66. The molecule has 2 fully saturated rings. The molecule has 0 spiro atoms. The summed E-state index contributed by atoms with van der Waals surface area (Å²) in [7, 11) is 0. The molecule has 1 aliphatic heterocycles. The lowest BCUT2D eigenvalue weighted by Gasteiger charge is -2.24. The lowest BCUT2D eigenvalue weighted by molar-refractivity contribution is -0.135. The fraction of sp³-hybridized carbons (Fsp3) is 0.680. The summed E-state index contributed by atoms with van der Waals surface area (Å²) < 4.78 is 5.70. The summed E-state index contributed by atoms with van der Waals surface area (Å²) in [6, 6.07) is 8.00. The Labute approximate surface area is 181 Å². The minimum absolute atomic E-state index is 0.00383. The highest BCUT2D eigenvalue weighted by atomic mass is 16.5. The maximum atomic E-state index is 12.7. The topological polar surface area (TPSA) is 49.9 Å². The van der Waals surface area contributed by atoms with Crippen LogP contribution < -0.4 is 4.74 Å². The first-order valence-corrected chi connectivity index (χ1v) is 11.9. The monoisotopic (exact) mass is 414 g/mol. The predicted molar refractivity (Wildman–Crippen MR) is 120 cm³/mol. The van der Waals surface area contributed by atoms with Gasteiger partial charge < -0.3 is 14.5 Å². The Hall–Kier alpha value is -2.04. The van der Waals surface area contributed by atoms with Crippen LogP contribution in [0.15, 0.2) is 24.3 Å². The van der Waals surface area contributed by atoms with E-state index < -0.39 is 0 Å². The third-order valence-corrected chi connectivity index (χ3v) is 6.52. The summed E-state index contributed by atoms with van der Waals surface area (Å²) in [6.07, 6.45) is 11.3. The third kappa shape index (κ3) is 7.03. The Kier molecular flexibility index (Phi) is 9.03. The van der Waals surface area contributed by atoms with E-state index in [0.29, 0.717) is 26.1 Å². The van der Waals surface area contributed by atoms with Crippen molar-refractivity contribution in [3.63, 3.8) is 0 Å². The zero-order chi connectivity index (χ0) is 21.2. The van der Waals surface area contributed by atoms with Crippen molar-refractivity contribution >= 4 is 11.8 Å². The van der Waals surface area contributed by atoms with Crippen molar-refractivity contribution in [1.82, 2.24) is 9.80 Å². The van der Waals surface area contributed by atoms with Gasteiger partial charge in [0.25, 0.3) is 5.91 Å². The Morgan fingerprint density at radius 3 is 2.23 bits per heavy atom. The Balaban J connectivity index is 1.39. The second kappa shape index (κ2) is 12.0. The maximum Gasteiger partial charge on any atom is 0.260 e. The molecule has 166 valence electrons. The second-order valence-corrected chi connectivity index (χ2v) is 8.84. The molecule has 0 radical (unpaired) electrons. The Morgan fingerprint density at radius 2 is 1.57 bits per heavy atom. The van der Waals surface area contributed by atoms with Crippen LogP contribution in [0.1, 0.15) is 70.3 Å². The van der Waals surface area contributed by atoms with E-state index in [1.54, 1.807) is 0 Å². The van der Waals surface area contributed by atoms with Crippen LogP contribution in [0, 0.1) is 5.92 Å². The predicted octanol–water partition coefficient (Wildman–Crippen LogP) is 4.44. The number of carbonyl (C=O) groups excluding carboxylic acids is 2. The summed E-state index contributed by atoms with van der Waals surface area (Å²) in [5.74, 6) is 1.74. The molecule has 1 saturated carbocycles. The molecule has 1 aromatic rings. The number of hydrogen-bond donors (Lipinski definition) is 0. The van der Waals surface area contributed by atoms with Crippen molar-refractivity contribution in [1.29, 1.82) is 0 Å². The summed E-state index contributed by atoms with van der Waals surface area (Å²) in [5, 5.41) is 0. The number of ether oxygens (including phenoxy) is 1. The molecule has 1 saturated heterocycles. The van der Waals surface area contributed by atoms with Crippen LogP contribution in [0.5, 0.6) is 5.75 Å². The number of hydrogen-bond acceptors (Lipinski definition) is 3. The Morgan fingerprint density at radius 1 is 0.900 bits per heavy atom. The average Bonchev–Trinajstić information content (AvgIpc) is 3.04. The molecule has 5 nitrogen and oxygen atoms in total. The highest BCUT2D eigenvalue weighted by Crippen LogP contribution is 2.27. The third-order valence-electron chi connectivity index (χ3n) is 6.52. The molecule has 5 heteroatoms. The average molecular weight is 415 g/mol. The standard InChI is InChI=1S/C25H38N2O3/c1-2-7-21-10-13-23(14-11-21)30-20-25(29)27-17-6-16-26(18-19-27)24(28)15-12-22-8-4-3-5-9-22/h10-11,13-14,22H,2-9,12,15-20H2,1H3. The quantitative estimate of drug-likeness (QED) is 0.632. The molecule has 0 aromatic heterocycles. The van der Waals surface area contributed by atoms with Gasteiger partial charge in [0.2, 0.25) is 5.91 Å². The van der Waals surface area contributed by atoms with Gasteiger partial charge in [-0.25, -0.2) is 0 Å². The van der Waals surface area contributed by atoms with Gasteiger partial charge in [0.1, 0.15) is 5.75 Å². The van der Waals surface area contributed by atoms with Crippen LogP contribution in [0.25, 0.3) is 0 Å². The van der Waals surface area contributed by atoms with Crippen LogP contribution in [0.4, 0.5) is 0 Å². The summed E-state index contributed by atoms with van der Waals surface area (Å²) in [4.78, 5) is 29.1. The van der Waals surface area contributed by atoms with E-state index in [4.69, 9.17) is 4.74 Å². The smallest absolute Gasteiger partial charge is 0.260 e. The lowest BCUT2D eigenvalue weighted by Crippen LogP contribution is -2.39. The van der Waals surface area contributed by atoms with Gasteiger partial charge in [-0.15, -0.1) is 0 Å². The maximum absolute atomic E-state index is 12.7. The molecule has 0 bridgehead atoms. The minimum atomic E-state index is 0.00383. The van der Waals surface area contributed by atoms with Crippen LogP contribution in [0.3, 0.4) is 0 Å². The van der Waals surface area contributed by atoms with Gasteiger partial charge in [0.05, 0.1) is 0 Å². The van der Waals surface area contributed by atoms with Gasteiger partial charge >= 0.3 is 0 Å². The molecule has 0 atom stereocenters. The van der Waals surface area contributed by atoms with E-state index in [9.17, 15) is 9.59 Å². The number of benzene rings is 1. The number of carbonyl (C=O) groups is 2. The molecule has 30 heavy (non-hydrogen) atoms. The van der Waals surface area contributed by atoms with Crippen molar-refractivity contribution in [2.24, 2.45) is 5.92 Å². The van der Waals surface area contributed by atoms with Crippen molar-refractivity contribution < 1.29 is 14.3 Å². The molecule has 1 aromatic carbocycles. The molecular formula is C25H38N2O3. The van der Waals surface area contributed by atoms with Crippen LogP contribution >= 0.6 is 0 Å². The second-order valence-electron chi connectivity index (χ2n) is 8.84. The van der Waals surface area contributed by atoms with Crippen molar-refractivity contribution in [3.05, 3.63) is 29.8 Å². The summed E-state index contributed by atoms with van der Waals surface area (Å²) >= 11 is 0. The highest BCUT2D eigenvalue weighted by Gasteiger charge is 2.23. The first kappa shape index (κ1) is 22.6. The first-order chi connectivity index (χ1) is 14.7. The zero-order valence-electron chi connectivity index (χ0n) is 18.6. The molecule has 3 rings (SSSR count). The molecule has 1 aliphatic carbocycles. The van der Waals surface area contributed by atoms with Crippen molar-refractivity contribution in [2.45, 2.75) is 71.1 Å². The first-order valence-electron chi connectivity index (χ1n) is 11.9. The number of nitrogens with zero attached hydrogens (tertiary/aromatic N) is 2. The molecule has 2 aliphatic rings. The fourth-order valence-electron chi connectivity index (χ4n) is 4.66. The number of aryl methyl sites for hydroxylation is 1. The van der Waals surface area contributed by atoms with Gasteiger partial charge in [-0.05, 0) is 42.9 Å². The summed E-state index contributed by atoms with van der Waals surface area (Å²) in [6.45, 7) is 4.92. The normalized spacial score (nSPS) is 18.2. The SMILES string of the molecule is CCCc1ccc(OCC(=O)N2CCCN(C(=O)CCC3CCCCC3)CC2)cc1. The van der Waals surface area contributed by atoms with E-state index in [0.717, 1.165) is 43.9 Å². The van der Waals surface area contributed by atoms with Crippen LogP contribution in [0.2, 0.25) is 0 Å². The molecule has 2 amide bonds. The van der Waals surface area contributed by atoms with Crippen molar-refractivity contribution in [2.75, 3.05) is 32.8 Å². The van der Waals surface area contributed by atoms with E-state index in [1.807, 2.05) is 21.9 Å².